The van der Waals surface area contributed by atoms with E-state index in [-0.39, 0.29) is 23.5 Å². The summed E-state index contributed by atoms with van der Waals surface area (Å²) in [7, 11) is -3.76. The van der Waals surface area contributed by atoms with Gasteiger partial charge in [0.25, 0.3) is 10.0 Å². The highest BCUT2D eigenvalue weighted by Crippen LogP contribution is 2.34. The van der Waals surface area contributed by atoms with Crippen LogP contribution in [0.1, 0.15) is 29.8 Å². The Hall–Kier alpha value is -2.39. The van der Waals surface area contributed by atoms with Crippen LogP contribution < -0.4 is 9.62 Å². The van der Waals surface area contributed by atoms with Crippen LogP contribution in [0.3, 0.4) is 0 Å². The molecule has 2 aliphatic heterocycles. The number of benzene rings is 1. The average Bonchev–Trinajstić information content (AvgIpc) is 3.40. The number of aromatic nitrogens is 2. The number of para-hydroxylation sites is 1. The summed E-state index contributed by atoms with van der Waals surface area (Å²) in [6.07, 6.45) is 2.71. The Morgan fingerprint density at radius 1 is 1.31 bits per heavy atom. The first-order valence-electron chi connectivity index (χ1n) is 9.91. The Morgan fingerprint density at radius 2 is 2.10 bits per heavy atom. The first kappa shape index (κ1) is 19.9. The molecule has 2 aromatic rings. The van der Waals surface area contributed by atoms with Crippen LogP contribution in [0.5, 0.6) is 0 Å². The zero-order valence-electron chi connectivity index (χ0n) is 16.7. The van der Waals surface area contributed by atoms with Crippen LogP contribution in [0.2, 0.25) is 0 Å². The van der Waals surface area contributed by atoms with Crippen molar-refractivity contribution in [3.63, 3.8) is 0 Å². The molecule has 4 rings (SSSR count). The molecule has 9 heteroatoms. The van der Waals surface area contributed by atoms with E-state index in [4.69, 9.17) is 4.74 Å². The van der Waals surface area contributed by atoms with Gasteiger partial charge < -0.3 is 10.1 Å². The second kappa shape index (κ2) is 7.79. The molecule has 1 atom stereocenters. The smallest absolute Gasteiger partial charge is 0.268 e. The van der Waals surface area contributed by atoms with E-state index in [9.17, 15) is 13.2 Å². The van der Waals surface area contributed by atoms with E-state index in [1.807, 2.05) is 24.3 Å². The highest BCUT2D eigenvalue weighted by Gasteiger charge is 2.35. The van der Waals surface area contributed by atoms with Crippen LogP contribution in [-0.4, -0.2) is 49.9 Å². The van der Waals surface area contributed by atoms with Gasteiger partial charge in [0.2, 0.25) is 5.91 Å². The lowest BCUT2D eigenvalue weighted by atomic mass is 10.2. The van der Waals surface area contributed by atoms with Crippen LogP contribution >= 0.6 is 0 Å². The summed E-state index contributed by atoms with van der Waals surface area (Å²) in [4.78, 5) is 12.5. The van der Waals surface area contributed by atoms with E-state index < -0.39 is 10.0 Å². The van der Waals surface area contributed by atoms with E-state index in [2.05, 4.69) is 10.4 Å². The number of hydrogen-bond donors (Lipinski definition) is 1. The molecule has 0 spiro atoms. The molecule has 156 valence electrons. The second-order valence-electron chi connectivity index (χ2n) is 7.55. The van der Waals surface area contributed by atoms with Crippen molar-refractivity contribution in [3.05, 3.63) is 41.2 Å². The fourth-order valence-electron chi connectivity index (χ4n) is 4.10. The van der Waals surface area contributed by atoms with Crippen LogP contribution in [0.4, 0.5) is 5.69 Å². The number of carbonyl (C=O) groups is 1. The zero-order chi connectivity index (χ0) is 20.6. The lowest BCUT2D eigenvalue weighted by Gasteiger charge is -2.19. The minimum Gasteiger partial charge on any atom is -0.376 e. The van der Waals surface area contributed by atoms with Crippen molar-refractivity contribution in [2.45, 2.75) is 50.7 Å². The molecule has 0 bridgehead atoms. The molecule has 0 unspecified atom stereocenters. The minimum atomic E-state index is -3.76. The Kier molecular flexibility index (Phi) is 5.35. The van der Waals surface area contributed by atoms with Gasteiger partial charge in [0.15, 0.2) is 0 Å². The number of fused-ring (bicyclic) bond motifs is 1. The highest BCUT2D eigenvalue weighted by molar-refractivity contribution is 7.93. The monoisotopic (exact) mass is 418 g/mol. The quantitative estimate of drug-likeness (QED) is 0.768. The van der Waals surface area contributed by atoms with Gasteiger partial charge in [-0.25, -0.2) is 8.42 Å². The largest absolute Gasteiger partial charge is 0.376 e. The van der Waals surface area contributed by atoms with Gasteiger partial charge in [-0.15, -0.1) is 0 Å². The van der Waals surface area contributed by atoms with Crippen molar-refractivity contribution in [2.24, 2.45) is 0 Å². The van der Waals surface area contributed by atoms with Crippen LogP contribution in [0.15, 0.2) is 29.2 Å². The Bertz CT molecular complexity index is 1030. The topological polar surface area (TPSA) is 93.5 Å². The molecule has 3 heterocycles. The van der Waals surface area contributed by atoms with E-state index in [0.29, 0.717) is 36.6 Å². The average molecular weight is 419 g/mol. The first-order chi connectivity index (χ1) is 13.9. The zero-order valence-corrected chi connectivity index (χ0v) is 17.5. The van der Waals surface area contributed by atoms with Gasteiger partial charge in [-0.3, -0.25) is 13.8 Å². The maximum atomic E-state index is 13.4. The molecule has 1 aromatic heterocycles. The van der Waals surface area contributed by atoms with Gasteiger partial charge in [0.05, 0.1) is 23.2 Å². The predicted molar refractivity (Wildman–Crippen MR) is 108 cm³/mol. The third-order valence-corrected chi connectivity index (χ3v) is 7.62. The summed E-state index contributed by atoms with van der Waals surface area (Å²) in [5.74, 6) is -0.207. The number of anilines is 1. The second-order valence-corrected chi connectivity index (χ2v) is 9.35. The van der Waals surface area contributed by atoms with Gasteiger partial charge >= 0.3 is 0 Å². The van der Waals surface area contributed by atoms with Gasteiger partial charge in [0, 0.05) is 19.7 Å². The summed E-state index contributed by atoms with van der Waals surface area (Å²) < 4.78 is 35.2. The Balaban J connectivity index is 1.53. The maximum absolute atomic E-state index is 13.4. The number of ether oxygens (including phenoxy) is 1. The van der Waals surface area contributed by atoms with Crippen LogP contribution in [-0.2, 0) is 32.5 Å². The van der Waals surface area contributed by atoms with Gasteiger partial charge in [-0.1, -0.05) is 18.2 Å². The van der Waals surface area contributed by atoms with Gasteiger partial charge in [-0.2, -0.15) is 5.10 Å². The first-order valence-corrected chi connectivity index (χ1v) is 11.3. The predicted octanol–water partition coefficient (Wildman–Crippen LogP) is 1.55. The number of nitrogens with one attached hydrogen (secondary N) is 1. The van der Waals surface area contributed by atoms with E-state index in [1.165, 1.54) is 8.99 Å². The van der Waals surface area contributed by atoms with Crippen molar-refractivity contribution in [1.29, 1.82) is 0 Å². The Labute approximate surface area is 170 Å². The number of sulfonamides is 1. The molecule has 1 aromatic carbocycles. The lowest BCUT2D eigenvalue weighted by Crippen LogP contribution is -2.34. The minimum absolute atomic E-state index is 0.0223. The number of aryl methyl sites for hydroxylation is 1. The summed E-state index contributed by atoms with van der Waals surface area (Å²) in [5.41, 5.74) is 2.61. The van der Waals surface area contributed by atoms with E-state index in [0.717, 1.165) is 25.0 Å². The summed E-state index contributed by atoms with van der Waals surface area (Å²) in [6.45, 7) is 4.96. The Morgan fingerprint density at radius 3 is 2.86 bits per heavy atom. The number of amides is 1. The van der Waals surface area contributed by atoms with Gasteiger partial charge in [-0.05, 0) is 44.7 Å². The molecule has 0 aliphatic carbocycles. The maximum Gasteiger partial charge on any atom is 0.268 e. The number of carbonyl (C=O) groups excluding carboxylic acids is 1. The van der Waals surface area contributed by atoms with E-state index >= 15 is 0 Å². The van der Waals surface area contributed by atoms with E-state index in [1.54, 1.807) is 13.8 Å². The SMILES string of the molecule is Cc1nn(CC(=O)NC[C@@H]2CCCO2)c(C)c1S(=O)(=O)N1CCc2ccccc21. The number of nitrogens with zero attached hydrogens (tertiary/aromatic N) is 3. The fraction of sp³-hybridized carbons (Fsp3) is 0.500. The fourth-order valence-corrected chi connectivity index (χ4v) is 5.98. The summed E-state index contributed by atoms with van der Waals surface area (Å²) in [5, 5.41) is 7.19. The van der Waals surface area contributed by atoms with Crippen molar-refractivity contribution in [1.82, 2.24) is 15.1 Å². The molecule has 2 aliphatic rings. The van der Waals surface area contributed by atoms with Crippen molar-refractivity contribution >= 4 is 21.6 Å². The third-order valence-electron chi connectivity index (χ3n) is 5.55. The van der Waals surface area contributed by atoms with Crippen molar-refractivity contribution in [3.8, 4) is 0 Å². The summed E-state index contributed by atoms with van der Waals surface area (Å²) >= 11 is 0. The molecular formula is C20H26N4O4S. The van der Waals surface area contributed by atoms with Crippen molar-refractivity contribution < 1.29 is 17.9 Å². The highest BCUT2D eigenvalue weighted by atomic mass is 32.2. The molecule has 29 heavy (non-hydrogen) atoms. The number of rotatable bonds is 6. The number of hydrogen-bond acceptors (Lipinski definition) is 5. The van der Waals surface area contributed by atoms with Gasteiger partial charge in [0.1, 0.15) is 11.4 Å². The third kappa shape index (κ3) is 3.76. The molecule has 1 fully saturated rings. The molecule has 1 amide bonds. The standard InChI is InChI=1S/C20H26N4O4S/c1-14-20(29(26,27)24-10-9-16-6-3-4-8-18(16)24)15(2)23(22-14)13-19(25)21-12-17-7-5-11-28-17/h3-4,6,8,17H,5,7,9-13H2,1-2H3,(H,21,25)/t17-/m0/s1. The molecule has 1 saturated heterocycles. The normalized spacial score (nSPS) is 18.8. The molecule has 1 N–H and O–H groups in total. The van der Waals surface area contributed by atoms with Crippen LogP contribution in [0.25, 0.3) is 0 Å². The summed E-state index contributed by atoms with van der Waals surface area (Å²) in [6, 6.07) is 7.53. The van der Waals surface area contributed by atoms with Crippen LogP contribution in [0, 0.1) is 13.8 Å². The molecule has 0 saturated carbocycles. The molecule has 0 radical (unpaired) electrons. The lowest BCUT2D eigenvalue weighted by molar-refractivity contribution is -0.122. The molecule has 8 nitrogen and oxygen atoms in total. The molecular weight excluding hydrogens is 392 g/mol. The van der Waals surface area contributed by atoms with Crippen molar-refractivity contribution in [2.75, 3.05) is 24.0 Å².